The summed E-state index contributed by atoms with van der Waals surface area (Å²) >= 11 is 0. The van der Waals surface area contributed by atoms with Crippen molar-refractivity contribution in [2.24, 2.45) is 10.2 Å². The smallest absolute Gasteiger partial charge is 0.505 e. The van der Waals surface area contributed by atoms with E-state index in [1.165, 1.54) is 24.3 Å². The molecule has 0 saturated carbocycles. The Balaban J connectivity index is 0.000000195. The van der Waals surface area contributed by atoms with E-state index in [2.05, 4.69) is 20.3 Å². The Morgan fingerprint density at radius 2 is 0.802 bits per heavy atom. The van der Waals surface area contributed by atoms with Crippen LogP contribution >= 0.6 is 0 Å². The number of hydrogen-bond acceptors (Lipinski definition) is 22. The maximum Gasteiger partial charge on any atom is 2.00 e. The van der Waals surface area contributed by atoms with Gasteiger partial charge in [0.05, 0.1) is 64.6 Å². The van der Waals surface area contributed by atoms with E-state index >= 15 is 0 Å². The number of carbonyl (C=O) groups is 1. The molecule has 14 rings (SSSR count). The quantitative estimate of drug-likeness (QED) is 0.0398. The van der Waals surface area contributed by atoms with E-state index in [9.17, 15) is 69.5 Å². The standard InChI is InChI=1S/C32H16N8.C28H22N4O10S3.3CH4O3S.Zn/c1-2-10-18-17(9-1)25-33-26(18)38-28-21-13-5-6-14-22(21)30(35-28)40-32-24-16-8-7-15-23(24)31(36-32)39-29-20-12-4-3-11-19(20)27(34-29)37-25;1-43(35,36)32-19-11-9-17(10-12-19)28(34)29-23-15-20(44(37,38)39)13-18-14-24(45(40,41)42)26(27(33)25(18)23)31-30-22-8-4-6-16-5-2-3-7-21(16)22;3*1-5(2,3)4;/h1-16H;2-15,32-33H,1H3,(H,29,34)(H,37,38,39)(H,40,41,42);3*1H3,(H,2,3,4);/q-2;;;;;+2. The third kappa shape index (κ3) is 19.0. The van der Waals surface area contributed by atoms with E-state index in [-0.39, 0.29) is 52.9 Å². The molecule has 9 aromatic carbocycles. The van der Waals surface area contributed by atoms with Crippen molar-refractivity contribution in [3.8, 4) is 51.3 Å². The van der Waals surface area contributed by atoms with Gasteiger partial charge in [-0.15, -0.1) is 10.2 Å². The molecule has 101 heavy (non-hydrogen) atoms. The number of rotatable bonds is 8. The molecule has 38 heteroatoms. The Morgan fingerprint density at radius 3 is 1.19 bits per heavy atom. The molecule has 2 aliphatic heterocycles. The van der Waals surface area contributed by atoms with Crippen LogP contribution in [0.4, 0.5) is 22.7 Å². The molecular formula is C63H50N12O19S6Zn. The van der Waals surface area contributed by atoms with Crippen LogP contribution in [0.3, 0.4) is 0 Å². The number of aromatic hydroxyl groups is 1. The monoisotopic (exact) mass is 1530 g/mol. The van der Waals surface area contributed by atoms with Gasteiger partial charge in [-0.05, 0) is 80.8 Å². The van der Waals surface area contributed by atoms with Crippen LogP contribution in [-0.2, 0) is 80.1 Å². The normalized spacial score (nSPS) is 12.0. The van der Waals surface area contributed by atoms with Crippen molar-refractivity contribution in [2.75, 3.05) is 35.1 Å². The summed E-state index contributed by atoms with van der Waals surface area (Å²) in [5, 5.41) is 26.1. The number of phenolic OH excluding ortho intramolecular Hbond substituents is 1. The Kier molecular flexibility index (Phi) is 21.8. The summed E-state index contributed by atoms with van der Waals surface area (Å²) in [5.41, 5.74) is 5.10. The van der Waals surface area contributed by atoms with Crippen molar-refractivity contribution in [2.45, 2.75) is 9.79 Å². The van der Waals surface area contributed by atoms with Gasteiger partial charge in [-0.3, -0.25) is 32.3 Å². The number of carbonyl (C=O) groups excluding carboxylic acids is 1. The second kappa shape index (κ2) is 29.5. The molecule has 0 saturated heterocycles. The average molecular weight is 1540 g/mol. The fourth-order valence-corrected chi connectivity index (χ4v) is 11.7. The van der Waals surface area contributed by atoms with Crippen molar-refractivity contribution in [1.82, 2.24) is 39.9 Å². The van der Waals surface area contributed by atoms with Gasteiger partial charge in [0.15, 0.2) is 5.75 Å². The Bertz CT molecular complexity index is 5850. The number of hydrogen-bond donors (Lipinski definition) is 8. The minimum Gasteiger partial charge on any atom is -0.505 e. The molecule has 1 amide bonds. The number of benzene rings is 9. The molecule has 0 unspecified atom stereocenters. The van der Waals surface area contributed by atoms with E-state index in [4.69, 9.17) is 53.5 Å². The van der Waals surface area contributed by atoms with Crippen molar-refractivity contribution < 1.29 is 103 Å². The average Bonchev–Trinajstić information content (AvgIpc) is 0.888. The molecule has 0 aliphatic carbocycles. The number of nitrogens with zero attached hydrogens (tertiary/aromatic N) is 10. The van der Waals surface area contributed by atoms with Crippen LogP contribution in [-0.4, -0.2) is 139 Å². The molecule has 2 aliphatic rings. The fourth-order valence-electron chi connectivity index (χ4n) is 9.96. The van der Waals surface area contributed by atoms with Gasteiger partial charge in [-0.1, -0.05) is 133 Å². The van der Waals surface area contributed by atoms with Gasteiger partial charge in [-0.25, -0.2) is 18.4 Å². The molecule has 8 N–H and O–H groups in total. The summed E-state index contributed by atoms with van der Waals surface area (Å²) < 4.78 is 171. The zero-order valence-corrected chi connectivity index (χ0v) is 60.3. The molecule has 0 spiro atoms. The van der Waals surface area contributed by atoms with Gasteiger partial charge in [0.25, 0.3) is 56.5 Å². The zero-order chi connectivity index (χ0) is 72.4. The molecule has 5 heterocycles. The predicted octanol–water partition coefficient (Wildman–Crippen LogP) is 9.87. The Morgan fingerprint density at radius 1 is 0.426 bits per heavy atom. The maximum absolute atomic E-state index is 13.2. The summed E-state index contributed by atoms with van der Waals surface area (Å²) in [5.74, 6) is 0.459. The van der Waals surface area contributed by atoms with Gasteiger partial charge in [-0.2, -0.15) is 42.1 Å². The van der Waals surface area contributed by atoms with Crippen molar-refractivity contribution >= 4 is 155 Å². The van der Waals surface area contributed by atoms with Gasteiger partial charge < -0.3 is 40.3 Å². The van der Waals surface area contributed by atoms with Gasteiger partial charge in [0.1, 0.15) is 10.6 Å². The van der Waals surface area contributed by atoms with Crippen LogP contribution in [0.1, 0.15) is 10.4 Å². The van der Waals surface area contributed by atoms with Crippen molar-refractivity contribution in [3.63, 3.8) is 0 Å². The zero-order valence-electron chi connectivity index (χ0n) is 52.4. The number of anilines is 2. The number of fused-ring (bicyclic) bond motifs is 22. The first-order chi connectivity index (χ1) is 46.8. The van der Waals surface area contributed by atoms with Crippen LogP contribution in [0.25, 0.3) is 111 Å². The van der Waals surface area contributed by atoms with E-state index in [1.54, 1.807) is 30.3 Å². The van der Waals surface area contributed by atoms with Crippen LogP contribution in [0, 0.1) is 0 Å². The molecule has 0 radical (unpaired) electrons. The van der Waals surface area contributed by atoms with E-state index in [0.29, 0.717) is 70.0 Å². The third-order valence-electron chi connectivity index (χ3n) is 13.8. The summed E-state index contributed by atoms with van der Waals surface area (Å²) in [4.78, 5) is 50.7. The van der Waals surface area contributed by atoms with Crippen LogP contribution < -0.4 is 20.0 Å². The fraction of sp³-hybridized carbons (Fsp3) is 0.0635. The van der Waals surface area contributed by atoms with Crippen molar-refractivity contribution in [3.05, 3.63) is 188 Å². The second-order valence-corrected chi connectivity index (χ2v) is 30.5. The summed E-state index contributed by atoms with van der Waals surface area (Å²) in [6, 6.07) is 51.6. The first kappa shape index (κ1) is 74.9. The van der Waals surface area contributed by atoms with Crippen LogP contribution in [0.2, 0.25) is 0 Å². The SMILES string of the molecule is CS(=O)(=O)Nc1ccc(C(=O)Nc2cc(S(=O)(=O)O)cc3cc(S(=O)(=O)O)c(N=Nc4cccc5ccccc45)c(O)c23)cc1.CS(=O)(=O)O.CS(=O)(=O)O.CS(=O)(=O)O.[Zn+2].c1ccc2c(c1)-c1nc-2nc2[n-]c(nc3nc(nc4[n-]c(n1)c1ccccc41)-c1ccccc1-3)c1ccccc21. The number of nitrogens with one attached hydrogen (secondary N) is 2. The van der Waals surface area contributed by atoms with Crippen LogP contribution in [0.5, 0.6) is 5.75 Å². The van der Waals surface area contributed by atoms with Crippen molar-refractivity contribution in [1.29, 1.82) is 0 Å². The first-order valence-electron chi connectivity index (χ1n) is 28.2. The third-order valence-corrected chi connectivity index (χ3v) is 16.1. The molecule has 12 aromatic rings. The molecule has 8 bridgehead atoms. The second-order valence-electron chi connectivity index (χ2n) is 21.6. The number of aromatic nitrogens is 8. The summed E-state index contributed by atoms with van der Waals surface area (Å²) in [6.07, 6.45) is 3.09. The number of sulfonamides is 1. The van der Waals surface area contributed by atoms with Crippen LogP contribution in [0.15, 0.2) is 202 Å². The molecule has 514 valence electrons. The molecule has 31 nitrogen and oxygen atoms in total. The van der Waals surface area contributed by atoms with Gasteiger partial charge in [0, 0.05) is 66.9 Å². The van der Waals surface area contributed by atoms with Gasteiger partial charge >= 0.3 is 19.5 Å². The molecule has 0 atom stereocenters. The van der Waals surface area contributed by atoms with E-state index in [0.717, 1.165) is 73.6 Å². The Hall–Kier alpha value is -10.3. The minimum absolute atomic E-state index is 0. The molecule has 3 aromatic heterocycles. The minimum atomic E-state index is -5.10. The summed E-state index contributed by atoms with van der Waals surface area (Å²) in [6.45, 7) is 0. The number of amides is 1. The largest absolute Gasteiger partial charge is 2.00 e. The molecular weight excluding hydrogens is 1490 g/mol. The molecule has 0 fully saturated rings. The first-order valence-corrected chi connectivity index (χ1v) is 38.6. The number of phenols is 1. The predicted molar refractivity (Wildman–Crippen MR) is 373 cm³/mol. The summed E-state index contributed by atoms with van der Waals surface area (Å²) in [7, 11) is -24.6. The van der Waals surface area contributed by atoms with Gasteiger partial charge in [0.2, 0.25) is 10.0 Å². The Labute approximate surface area is 587 Å². The van der Waals surface area contributed by atoms with E-state index < -0.39 is 87.7 Å². The topological polar surface area (TPSA) is 498 Å². The number of azo groups is 1. The maximum atomic E-state index is 13.2. The van der Waals surface area contributed by atoms with E-state index in [1.807, 2.05) is 109 Å².